The highest BCUT2D eigenvalue weighted by atomic mass is 32.2. The van der Waals surface area contributed by atoms with Crippen LogP contribution in [0, 0.1) is 5.82 Å². The van der Waals surface area contributed by atoms with Crippen molar-refractivity contribution in [2.45, 2.75) is 52.1 Å². The lowest BCUT2D eigenvalue weighted by atomic mass is 10.1. The van der Waals surface area contributed by atoms with E-state index in [4.69, 9.17) is 0 Å². The van der Waals surface area contributed by atoms with Crippen molar-refractivity contribution < 1.29 is 22.4 Å². The van der Waals surface area contributed by atoms with Gasteiger partial charge >= 0.3 is 0 Å². The summed E-state index contributed by atoms with van der Waals surface area (Å²) in [5.41, 5.74) is 0.769. The summed E-state index contributed by atoms with van der Waals surface area (Å²) >= 11 is 0. The molecule has 34 heavy (non-hydrogen) atoms. The third-order valence-electron chi connectivity index (χ3n) is 5.67. The Bertz CT molecular complexity index is 1060. The molecule has 7 nitrogen and oxygen atoms in total. The van der Waals surface area contributed by atoms with Gasteiger partial charge in [0.1, 0.15) is 18.4 Å². The maximum absolute atomic E-state index is 14.4. The largest absolute Gasteiger partial charge is 0.352 e. The Morgan fingerprint density at radius 1 is 1.00 bits per heavy atom. The van der Waals surface area contributed by atoms with Crippen molar-refractivity contribution in [2.24, 2.45) is 0 Å². The maximum Gasteiger partial charge on any atom is 0.244 e. The molecule has 2 aromatic rings. The molecule has 2 rings (SSSR count). The lowest BCUT2D eigenvalue weighted by molar-refractivity contribution is -0.139. The topological polar surface area (TPSA) is 86.8 Å². The van der Waals surface area contributed by atoms with Crippen LogP contribution >= 0.6 is 0 Å². The van der Waals surface area contributed by atoms with Crippen LogP contribution in [0.2, 0.25) is 0 Å². The number of carbonyl (C=O) groups is 2. The predicted molar refractivity (Wildman–Crippen MR) is 132 cm³/mol. The van der Waals surface area contributed by atoms with E-state index in [0.29, 0.717) is 12.8 Å². The molecule has 0 bridgehead atoms. The van der Waals surface area contributed by atoms with E-state index >= 15 is 0 Å². The fourth-order valence-electron chi connectivity index (χ4n) is 3.59. The molecule has 0 radical (unpaired) electrons. The number of sulfonamides is 1. The van der Waals surface area contributed by atoms with Gasteiger partial charge in [0.05, 0.1) is 11.9 Å². The number of nitrogens with one attached hydrogen (secondary N) is 1. The summed E-state index contributed by atoms with van der Waals surface area (Å²) < 4.78 is 40.2. The van der Waals surface area contributed by atoms with Crippen molar-refractivity contribution in [1.29, 1.82) is 0 Å². The molecule has 0 unspecified atom stereocenters. The Balaban J connectivity index is 2.37. The van der Waals surface area contributed by atoms with Crippen LogP contribution in [0.15, 0.2) is 54.6 Å². The minimum Gasteiger partial charge on any atom is -0.352 e. The predicted octanol–water partition coefficient (Wildman–Crippen LogP) is 3.36. The quantitative estimate of drug-likeness (QED) is 0.493. The molecule has 0 saturated heterocycles. The minimum atomic E-state index is -3.97. The second kappa shape index (κ2) is 12.5. The molecule has 2 amide bonds. The van der Waals surface area contributed by atoms with Gasteiger partial charge in [-0.1, -0.05) is 56.3 Å². The first-order valence-corrected chi connectivity index (χ1v) is 13.3. The SMILES string of the molecule is CC[C@H](C(=O)N[C@@H](C)CC)N(CCc1ccccc1)C(=O)CN(c1ccccc1F)S(C)(=O)=O. The normalized spacial score (nSPS) is 13.1. The van der Waals surface area contributed by atoms with E-state index in [1.54, 1.807) is 6.92 Å². The molecule has 0 aliphatic rings. The van der Waals surface area contributed by atoms with Crippen molar-refractivity contribution in [3.8, 4) is 0 Å². The van der Waals surface area contributed by atoms with Gasteiger partial charge in [-0.25, -0.2) is 12.8 Å². The number of carbonyl (C=O) groups excluding carboxylic acids is 2. The van der Waals surface area contributed by atoms with Crippen LogP contribution in [0.3, 0.4) is 0 Å². The van der Waals surface area contributed by atoms with Crippen LogP contribution < -0.4 is 9.62 Å². The molecular weight excluding hydrogens is 457 g/mol. The highest BCUT2D eigenvalue weighted by Gasteiger charge is 2.32. The molecule has 1 N–H and O–H groups in total. The van der Waals surface area contributed by atoms with Crippen LogP contribution in [0.25, 0.3) is 0 Å². The number of hydrogen-bond acceptors (Lipinski definition) is 4. The molecular formula is C25H34FN3O4S. The Hall–Kier alpha value is -2.94. The lowest BCUT2D eigenvalue weighted by Gasteiger charge is -2.33. The van der Waals surface area contributed by atoms with Gasteiger partial charge in [-0.05, 0) is 43.9 Å². The molecule has 0 aromatic heterocycles. The number of halogens is 1. The first kappa shape index (κ1) is 27.3. The van der Waals surface area contributed by atoms with Crippen molar-refractivity contribution in [2.75, 3.05) is 23.7 Å². The average Bonchev–Trinajstić information content (AvgIpc) is 2.80. The summed E-state index contributed by atoms with van der Waals surface area (Å²) in [5, 5.41) is 2.91. The van der Waals surface area contributed by atoms with Crippen molar-refractivity contribution in [3.05, 3.63) is 66.0 Å². The number of benzene rings is 2. The maximum atomic E-state index is 14.4. The standard InChI is InChI=1S/C25H34FN3O4S/c1-5-19(3)27-25(31)22(6-2)28(17-16-20-12-8-7-9-13-20)24(30)18-29(34(4,32)33)23-15-11-10-14-21(23)26/h7-15,19,22H,5-6,16-18H2,1-4H3,(H,27,31)/t19-,22+/m0/s1. The van der Waals surface area contributed by atoms with E-state index in [-0.39, 0.29) is 24.2 Å². The van der Waals surface area contributed by atoms with Crippen molar-refractivity contribution in [1.82, 2.24) is 10.2 Å². The zero-order valence-corrected chi connectivity index (χ0v) is 21.0. The summed E-state index contributed by atoms with van der Waals surface area (Å²) in [6, 6.07) is 14.0. The second-order valence-corrected chi connectivity index (χ2v) is 10.2. The zero-order valence-electron chi connectivity index (χ0n) is 20.2. The van der Waals surface area contributed by atoms with E-state index in [2.05, 4.69) is 5.32 Å². The van der Waals surface area contributed by atoms with Gasteiger partial charge in [-0.15, -0.1) is 0 Å². The Morgan fingerprint density at radius 3 is 2.18 bits per heavy atom. The van der Waals surface area contributed by atoms with Gasteiger partial charge in [0.2, 0.25) is 21.8 Å². The summed E-state index contributed by atoms with van der Waals surface area (Å²) in [6.45, 7) is 5.23. The average molecular weight is 492 g/mol. The smallest absolute Gasteiger partial charge is 0.244 e. The Kier molecular flexibility index (Phi) is 10.0. The van der Waals surface area contributed by atoms with Gasteiger partial charge in [0.15, 0.2) is 0 Å². The van der Waals surface area contributed by atoms with Crippen LogP contribution in [0.5, 0.6) is 0 Å². The van der Waals surface area contributed by atoms with E-state index in [1.807, 2.05) is 44.2 Å². The number of hydrogen-bond donors (Lipinski definition) is 1. The molecule has 9 heteroatoms. The number of para-hydroxylation sites is 1. The van der Waals surface area contributed by atoms with E-state index in [9.17, 15) is 22.4 Å². The van der Waals surface area contributed by atoms with Crippen LogP contribution in [0.4, 0.5) is 10.1 Å². The van der Waals surface area contributed by atoms with Crippen LogP contribution in [0.1, 0.15) is 39.2 Å². The molecule has 0 spiro atoms. The van der Waals surface area contributed by atoms with E-state index < -0.39 is 34.3 Å². The molecule has 0 fully saturated rings. The first-order chi connectivity index (χ1) is 16.1. The fourth-order valence-corrected chi connectivity index (χ4v) is 4.44. The highest BCUT2D eigenvalue weighted by molar-refractivity contribution is 7.92. The zero-order chi connectivity index (χ0) is 25.3. The molecule has 0 aliphatic carbocycles. The van der Waals surface area contributed by atoms with Gasteiger partial charge in [-0.3, -0.25) is 13.9 Å². The third kappa shape index (κ3) is 7.55. The monoisotopic (exact) mass is 491 g/mol. The molecule has 0 saturated carbocycles. The number of nitrogens with zero attached hydrogens (tertiary/aromatic N) is 2. The van der Waals surface area contributed by atoms with Gasteiger partial charge in [0, 0.05) is 12.6 Å². The molecule has 2 aromatic carbocycles. The third-order valence-corrected chi connectivity index (χ3v) is 6.80. The van der Waals surface area contributed by atoms with Crippen LogP contribution in [-0.4, -0.2) is 56.6 Å². The molecule has 0 aliphatic heterocycles. The highest BCUT2D eigenvalue weighted by Crippen LogP contribution is 2.22. The first-order valence-electron chi connectivity index (χ1n) is 11.4. The number of rotatable bonds is 12. The van der Waals surface area contributed by atoms with Crippen molar-refractivity contribution >= 4 is 27.5 Å². The molecule has 2 atom stereocenters. The van der Waals surface area contributed by atoms with Gasteiger partial charge in [0.25, 0.3) is 0 Å². The second-order valence-electron chi connectivity index (χ2n) is 8.29. The Labute approximate surface area is 202 Å². The van der Waals surface area contributed by atoms with E-state index in [1.165, 1.54) is 23.1 Å². The summed E-state index contributed by atoms with van der Waals surface area (Å²) in [6.07, 6.45) is 2.49. The fraction of sp³-hybridized carbons (Fsp3) is 0.440. The van der Waals surface area contributed by atoms with Crippen molar-refractivity contribution in [3.63, 3.8) is 0 Å². The van der Waals surface area contributed by atoms with Gasteiger partial charge < -0.3 is 10.2 Å². The summed E-state index contributed by atoms with van der Waals surface area (Å²) in [5.74, 6) is -1.62. The minimum absolute atomic E-state index is 0.0708. The molecule has 0 heterocycles. The number of anilines is 1. The molecule has 186 valence electrons. The van der Waals surface area contributed by atoms with Crippen LogP contribution in [-0.2, 0) is 26.0 Å². The van der Waals surface area contributed by atoms with E-state index in [0.717, 1.165) is 28.6 Å². The summed E-state index contributed by atoms with van der Waals surface area (Å²) in [4.78, 5) is 27.9. The summed E-state index contributed by atoms with van der Waals surface area (Å²) in [7, 11) is -3.97. The Morgan fingerprint density at radius 2 is 1.62 bits per heavy atom. The van der Waals surface area contributed by atoms with Gasteiger partial charge in [-0.2, -0.15) is 0 Å². The number of amides is 2. The lowest BCUT2D eigenvalue weighted by Crippen LogP contribution is -2.54.